The van der Waals surface area contributed by atoms with Gasteiger partial charge in [-0.05, 0) is 63.0 Å². The molecule has 0 saturated heterocycles. The molecule has 0 aliphatic heterocycles. The Morgan fingerprint density at radius 3 is 2.22 bits per heavy atom. The van der Waals surface area contributed by atoms with Crippen LogP contribution in [-0.4, -0.2) is 25.5 Å². The van der Waals surface area contributed by atoms with Crippen LogP contribution < -0.4 is 5.73 Å². The summed E-state index contributed by atoms with van der Waals surface area (Å²) in [6.45, 7) is 9.55. The van der Waals surface area contributed by atoms with E-state index in [9.17, 15) is 0 Å². The Morgan fingerprint density at radius 1 is 1.17 bits per heavy atom. The summed E-state index contributed by atoms with van der Waals surface area (Å²) >= 11 is 0. The van der Waals surface area contributed by atoms with Crippen molar-refractivity contribution in [1.29, 1.82) is 0 Å². The first kappa shape index (κ1) is 15.2. The van der Waals surface area contributed by atoms with Gasteiger partial charge in [0.1, 0.15) is 0 Å². The molecule has 1 atom stereocenters. The van der Waals surface area contributed by atoms with Gasteiger partial charge in [-0.1, -0.05) is 32.0 Å². The van der Waals surface area contributed by atoms with Crippen LogP contribution in [-0.2, 0) is 0 Å². The number of hydrogen-bond donors (Lipinski definition) is 1. The molecule has 2 heteroatoms. The Morgan fingerprint density at radius 2 is 1.78 bits per heavy atom. The van der Waals surface area contributed by atoms with Gasteiger partial charge in [0.15, 0.2) is 0 Å². The van der Waals surface area contributed by atoms with Crippen LogP contribution in [0.25, 0.3) is 0 Å². The quantitative estimate of drug-likeness (QED) is 0.866. The minimum atomic E-state index is 0.174. The second kappa shape index (κ2) is 5.85. The van der Waals surface area contributed by atoms with Gasteiger partial charge >= 0.3 is 0 Å². The molecule has 0 aromatic heterocycles. The lowest BCUT2D eigenvalue weighted by Gasteiger charge is -2.33. The molecule has 1 unspecified atom stereocenters. The van der Waals surface area contributed by atoms with Crippen molar-refractivity contribution in [3.8, 4) is 0 Å². The molecule has 0 amide bonds. The van der Waals surface area contributed by atoms with Crippen molar-refractivity contribution < 1.29 is 0 Å². The molecule has 18 heavy (non-hydrogen) atoms. The third kappa shape index (κ3) is 3.82. The van der Waals surface area contributed by atoms with E-state index in [0.29, 0.717) is 6.04 Å². The lowest BCUT2D eigenvalue weighted by atomic mass is 9.82. The molecular formula is C16H28N2. The fourth-order valence-electron chi connectivity index (χ4n) is 2.18. The third-order valence-electron chi connectivity index (χ3n) is 3.84. The molecule has 1 aromatic rings. The number of benzene rings is 1. The van der Waals surface area contributed by atoms with Gasteiger partial charge in [0, 0.05) is 6.04 Å². The Kier molecular flexibility index (Phi) is 4.94. The molecule has 0 aliphatic rings. The molecule has 1 aromatic carbocycles. The molecule has 0 fully saturated rings. The maximum Gasteiger partial charge on any atom is 0.0347 e. The Bertz CT molecular complexity index is 394. The van der Waals surface area contributed by atoms with E-state index in [1.807, 2.05) is 0 Å². The van der Waals surface area contributed by atoms with Gasteiger partial charge in [0.05, 0.1) is 0 Å². The summed E-state index contributed by atoms with van der Waals surface area (Å²) in [5.41, 5.74) is 10.2. The van der Waals surface area contributed by atoms with E-state index in [-0.39, 0.29) is 5.41 Å². The maximum absolute atomic E-state index is 5.87. The summed E-state index contributed by atoms with van der Waals surface area (Å²) in [4.78, 5) is 2.29. The van der Waals surface area contributed by atoms with Gasteiger partial charge in [-0.2, -0.15) is 0 Å². The highest BCUT2D eigenvalue weighted by atomic mass is 15.1. The highest BCUT2D eigenvalue weighted by molar-refractivity contribution is 5.31. The van der Waals surface area contributed by atoms with E-state index in [0.717, 1.165) is 13.0 Å². The second-order valence-electron chi connectivity index (χ2n) is 6.40. The van der Waals surface area contributed by atoms with Crippen molar-refractivity contribution in [3.05, 3.63) is 34.9 Å². The first-order valence-electron chi connectivity index (χ1n) is 6.70. The smallest absolute Gasteiger partial charge is 0.0347 e. The van der Waals surface area contributed by atoms with E-state index < -0.39 is 0 Å². The van der Waals surface area contributed by atoms with Crippen molar-refractivity contribution >= 4 is 0 Å². The van der Waals surface area contributed by atoms with E-state index in [2.05, 4.69) is 64.9 Å². The molecular weight excluding hydrogens is 220 g/mol. The summed E-state index contributed by atoms with van der Waals surface area (Å²) in [5, 5.41) is 0. The highest BCUT2D eigenvalue weighted by Gasteiger charge is 2.24. The van der Waals surface area contributed by atoms with Crippen LogP contribution in [0.4, 0.5) is 0 Å². The van der Waals surface area contributed by atoms with Gasteiger partial charge in [-0.15, -0.1) is 0 Å². The lowest BCUT2D eigenvalue weighted by Crippen LogP contribution is -2.31. The van der Waals surface area contributed by atoms with Crippen LogP contribution in [0.15, 0.2) is 18.2 Å². The van der Waals surface area contributed by atoms with Gasteiger partial charge in [-0.3, -0.25) is 0 Å². The van der Waals surface area contributed by atoms with Crippen molar-refractivity contribution in [3.63, 3.8) is 0 Å². The minimum Gasteiger partial charge on any atom is -0.330 e. The fourth-order valence-corrected chi connectivity index (χ4v) is 2.18. The zero-order valence-electron chi connectivity index (χ0n) is 12.7. The highest BCUT2D eigenvalue weighted by Crippen LogP contribution is 2.32. The second-order valence-corrected chi connectivity index (χ2v) is 6.40. The van der Waals surface area contributed by atoms with Crippen molar-refractivity contribution in [2.45, 2.75) is 40.2 Å². The molecule has 0 aliphatic carbocycles. The number of hydrogen-bond acceptors (Lipinski definition) is 2. The van der Waals surface area contributed by atoms with Crippen LogP contribution in [0, 0.1) is 19.3 Å². The standard InChI is InChI=1S/C16H28N2/c1-12-7-8-14(9-13(12)2)15(18(5)6)10-16(3,4)11-17/h7-9,15H,10-11,17H2,1-6H3. The van der Waals surface area contributed by atoms with E-state index in [1.54, 1.807) is 0 Å². The number of rotatable bonds is 5. The molecule has 0 heterocycles. The van der Waals surface area contributed by atoms with Crippen LogP contribution in [0.5, 0.6) is 0 Å². The summed E-state index contributed by atoms with van der Waals surface area (Å²) in [6.07, 6.45) is 1.08. The SMILES string of the molecule is Cc1ccc(C(CC(C)(C)CN)N(C)C)cc1C. The first-order valence-corrected chi connectivity index (χ1v) is 6.70. The summed E-state index contributed by atoms with van der Waals surface area (Å²) in [6, 6.07) is 7.21. The normalized spacial score (nSPS) is 14.0. The fraction of sp³-hybridized carbons (Fsp3) is 0.625. The minimum absolute atomic E-state index is 0.174. The average molecular weight is 248 g/mol. The van der Waals surface area contributed by atoms with Crippen molar-refractivity contribution in [2.75, 3.05) is 20.6 Å². The average Bonchev–Trinajstić information content (AvgIpc) is 2.30. The van der Waals surface area contributed by atoms with Crippen LogP contribution in [0.3, 0.4) is 0 Å². The molecule has 102 valence electrons. The zero-order chi connectivity index (χ0) is 13.9. The van der Waals surface area contributed by atoms with Crippen molar-refractivity contribution in [1.82, 2.24) is 4.90 Å². The molecule has 2 nitrogen and oxygen atoms in total. The Hall–Kier alpha value is -0.860. The van der Waals surface area contributed by atoms with Crippen molar-refractivity contribution in [2.24, 2.45) is 11.1 Å². The first-order chi connectivity index (χ1) is 8.26. The van der Waals surface area contributed by atoms with Gasteiger partial charge in [0.2, 0.25) is 0 Å². The molecule has 2 N–H and O–H groups in total. The zero-order valence-corrected chi connectivity index (χ0v) is 12.7. The predicted octanol–water partition coefficient (Wildman–Crippen LogP) is 3.28. The maximum atomic E-state index is 5.87. The van der Waals surface area contributed by atoms with Crippen LogP contribution >= 0.6 is 0 Å². The summed E-state index contributed by atoms with van der Waals surface area (Å²) in [5.74, 6) is 0. The predicted molar refractivity (Wildman–Crippen MR) is 79.8 cm³/mol. The largest absolute Gasteiger partial charge is 0.330 e. The number of nitrogens with zero attached hydrogens (tertiary/aromatic N) is 1. The molecule has 0 spiro atoms. The Labute approximate surface area is 112 Å². The molecule has 1 rings (SSSR count). The van der Waals surface area contributed by atoms with Gasteiger partial charge in [-0.25, -0.2) is 0 Å². The number of aryl methyl sites for hydroxylation is 2. The molecule has 0 bridgehead atoms. The number of nitrogens with two attached hydrogens (primary N) is 1. The topological polar surface area (TPSA) is 29.3 Å². The van der Waals surface area contributed by atoms with E-state index in [4.69, 9.17) is 5.73 Å². The van der Waals surface area contributed by atoms with Crippen LogP contribution in [0.2, 0.25) is 0 Å². The molecule has 0 saturated carbocycles. The molecule has 0 radical (unpaired) electrons. The summed E-state index contributed by atoms with van der Waals surface area (Å²) in [7, 11) is 4.29. The lowest BCUT2D eigenvalue weighted by molar-refractivity contribution is 0.202. The third-order valence-corrected chi connectivity index (χ3v) is 3.84. The van der Waals surface area contributed by atoms with Crippen LogP contribution in [0.1, 0.15) is 43.0 Å². The van der Waals surface area contributed by atoms with E-state index >= 15 is 0 Å². The Balaban J connectivity index is 3.01. The monoisotopic (exact) mass is 248 g/mol. The van der Waals surface area contributed by atoms with E-state index in [1.165, 1.54) is 16.7 Å². The van der Waals surface area contributed by atoms with Gasteiger partial charge in [0.25, 0.3) is 0 Å². The van der Waals surface area contributed by atoms with Gasteiger partial charge < -0.3 is 10.6 Å². The summed E-state index contributed by atoms with van der Waals surface area (Å²) < 4.78 is 0.